The van der Waals surface area contributed by atoms with E-state index in [9.17, 15) is 20.1 Å². The molecule has 6 nitrogen and oxygen atoms in total. The SMILES string of the molecule is COc1cc(O)cc2oc(=O)cc(-c3ccc(O)c(O)c3)c12. The topological polar surface area (TPSA) is 100 Å². The Hall–Kier alpha value is -3.15. The van der Waals surface area contributed by atoms with Gasteiger partial charge in [-0.2, -0.15) is 0 Å². The molecule has 1 heterocycles. The highest BCUT2D eigenvalue weighted by atomic mass is 16.5. The molecule has 0 bridgehead atoms. The molecule has 0 aliphatic carbocycles. The van der Waals surface area contributed by atoms with E-state index in [4.69, 9.17) is 9.15 Å². The van der Waals surface area contributed by atoms with Crippen LogP contribution in [0.2, 0.25) is 0 Å². The van der Waals surface area contributed by atoms with Crippen LogP contribution in [0.5, 0.6) is 23.0 Å². The molecule has 0 aliphatic rings. The first-order valence-corrected chi connectivity index (χ1v) is 6.37. The van der Waals surface area contributed by atoms with Gasteiger partial charge in [0.05, 0.1) is 12.5 Å². The van der Waals surface area contributed by atoms with E-state index in [2.05, 4.69) is 0 Å². The van der Waals surface area contributed by atoms with Gasteiger partial charge in [-0.3, -0.25) is 0 Å². The normalized spacial score (nSPS) is 10.8. The van der Waals surface area contributed by atoms with Crippen LogP contribution in [-0.2, 0) is 0 Å². The first kappa shape index (κ1) is 13.8. The third-order valence-electron chi connectivity index (χ3n) is 3.30. The fraction of sp³-hybridized carbons (Fsp3) is 0.0625. The fourth-order valence-corrected chi connectivity index (χ4v) is 2.33. The van der Waals surface area contributed by atoms with E-state index in [0.29, 0.717) is 22.3 Å². The molecule has 0 saturated heterocycles. The van der Waals surface area contributed by atoms with Gasteiger partial charge in [-0.15, -0.1) is 0 Å². The summed E-state index contributed by atoms with van der Waals surface area (Å²) in [6.07, 6.45) is 0. The number of hydrogen-bond acceptors (Lipinski definition) is 6. The summed E-state index contributed by atoms with van der Waals surface area (Å²) in [4.78, 5) is 11.7. The summed E-state index contributed by atoms with van der Waals surface area (Å²) in [6, 6.07) is 8.16. The lowest BCUT2D eigenvalue weighted by Crippen LogP contribution is -1.99. The van der Waals surface area contributed by atoms with E-state index in [1.165, 1.54) is 37.4 Å². The van der Waals surface area contributed by atoms with Crippen molar-refractivity contribution in [2.24, 2.45) is 0 Å². The molecule has 0 aliphatic heterocycles. The Bertz CT molecular complexity index is 926. The molecule has 0 fully saturated rings. The number of phenolic OH excluding ortho intramolecular Hbond substituents is 3. The second-order valence-corrected chi connectivity index (χ2v) is 4.70. The third kappa shape index (κ3) is 2.20. The van der Waals surface area contributed by atoms with Crippen molar-refractivity contribution >= 4 is 11.0 Å². The highest BCUT2D eigenvalue weighted by Crippen LogP contribution is 2.39. The van der Waals surface area contributed by atoms with Gasteiger partial charge in [0.15, 0.2) is 11.5 Å². The number of phenols is 3. The lowest BCUT2D eigenvalue weighted by Gasteiger charge is -2.11. The predicted molar refractivity (Wildman–Crippen MR) is 79.5 cm³/mol. The van der Waals surface area contributed by atoms with Crippen molar-refractivity contribution in [2.75, 3.05) is 7.11 Å². The molecule has 0 radical (unpaired) electrons. The maximum absolute atomic E-state index is 11.7. The average molecular weight is 300 g/mol. The largest absolute Gasteiger partial charge is 0.508 e. The number of benzene rings is 2. The van der Waals surface area contributed by atoms with Gasteiger partial charge < -0.3 is 24.5 Å². The zero-order valence-corrected chi connectivity index (χ0v) is 11.5. The first-order chi connectivity index (χ1) is 10.5. The molecule has 112 valence electrons. The van der Waals surface area contributed by atoms with Crippen LogP contribution in [0.4, 0.5) is 0 Å². The van der Waals surface area contributed by atoms with Crippen LogP contribution in [0.3, 0.4) is 0 Å². The Morgan fingerprint density at radius 1 is 1.00 bits per heavy atom. The maximum Gasteiger partial charge on any atom is 0.336 e. The number of ether oxygens (including phenoxy) is 1. The molecule has 3 N–H and O–H groups in total. The molecule has 0 amide bonds. The molecule has 1 aromatic heterocycles. The van der Waals surface area contributed by atoms with E-state index in [1.807, 2.05) is 0 Å². The number of methoxy groups -OCH3 is 1. The van der Waals surface area contributed by atoms with Gasteiger partial charge >= 0.3 is 5.63 Å². The molecule has 6 heteroatoms. The standard InChI is InChI=1S/C16H12O6/c1-21-13-5-9(17)6-14-16(13)10(7-15(20)22-14)8-2-3-11(18)12(19)4-8/h2-7,17-19H,1H3. The maximum atomic E-state index is 11.7. The Morgan fingerprint density at radius 3 is 2.45 bits per heavy atom. The summed E-state index contributed by atoms with van der Waals surface area (Å²) in [5.74, 6) is -0.350. The summed E-state index contributed by atoms with van der Waals surface area (Å²) in [7, 11) is 1.43. The fourth-order valence-electron chi connectivity index (χ4n) is 2.33. The van der Waals surface area contributed by atoms with Crippen molar-refractivity contribution in [3.8, 4) is 34.1 Å². The number of fused-ring (bicyclic) bond motifs is 1. The second kappa shape index (κ2) is 5.00. The van der Waals surface area contributed by atoms with Gasteiger partial charge in [-0.25, -0.2) is 4.79 Å². The Kier molecular flexibility index (Phi) is 3.14. The van der Waals surface area contributed by atoms with E-state index >= 15 is 0 Å². The van der Waals surface area contributed by atoms with Gasteiger partial charge in [0.1, 0.15) is 17.1 Å². The van der Waals surface area contributed by atoms with Crippen molar-refractivity contribution in [3.05, 3.63) is 46.8 Å². The van der Waals surface area contributed by atoms with Crippen LogP contribution in [-0.4, -0.2) is 22.4 Å². The molecule has 0 saturated carbocycles. The van der Waals surface area contributed by atoms with Crippen molar-refractivity contribution in [1.29, 1.82) is 0 Å². The monoisotopic (exact) mass is 300 g/mol. The summed E-state index contributed by atoms with van der Waals surface area (Å²) in [6.45, 7) is 0. The highest BCUT2D eigenvalue weighted by Gasteiger charge is 2.15. The van der Waals surface area contributed by atoms with Crippen LogP contribution in [0, 0.1) is 0 Å². The minimum atomic E-state index is -0.609. The quantitative estimate of drug-likeness (QED) is 0.497. The number of rotatable bonds is 2. The van der Waals surface area contributed by atoms with Crippen molar-refractivity contribution in [2.45, 2.75) is 0 Å². The number of aromatic hydroxyl groups is 3. The minimum Gasteiger partial charge on any atom is -0.508 e. The lowest BCUT2D eigenvalue weighted by atomic mass is 10.0. The van der Waals surface area contributed by atoms with Crippen LogP contribution < -0.4 is 10.4 Å². The molecule has 0 spiro atoms. The van der Waals surface area contributed by atoms with Gasteiger partial charge in [0.25, 0.3) is 0 Å². The zero-order valence-electron chi connectivity index (χ0n) is 11.5. The van der Waals surface area contributed by atoms with Crippen molar-refractivity contribution in [3.63, 3.8) is 0 Å². The van der Waals surface area contributed by atoms with Crippen LogP contribution in [0.25, 0.3) is 22.1 Å². The molecular weight excluding hydrogens is 288 g/mol. The second-order valence-electron chi connectivity index (χ2n) is 4.70. The van der Waals surface area contributed by atoms with E-state index in [0.717, 1.165) is 0 Å². The molecular formula is C16H12O6. The summed E-state index contributed by atoms with van der Waals surface area (Å²) < 4.78 is 10.3. The van der Waals surface area contributed by atoms with Crippen LogP contribution in [0.15, 0.2) is 45.6 Å². The van der Waals surface area contributed by atoms with Crippen molar-refractivity contribution < 1.29 is 24.5 Å². The van der Waals surface area contributed by atoms with Gasteiger partial charge in [0, 0.05) is 23.8 Å². The van der Waals surface area contributed by atoms with E-state index in [1.54, 1.807) is 6.07 Å². The summed E-state index contributed by atoms with van der Waals surface area (Å²) in [5.41, 5.74) is 0.505. The van der Waals surface area contributed by atoms with Gasteiger partial charge in [-0.05, 0) is 17.7 Å². The van der Waals surface area contributed by atoms with Crippen LogP contribution >= 0.6 is 0 Å². The Balaban J connectivity index is 2.42. The molecule has 0 atom stereocenters. The van der Waals surface area contributed by atoms with Crippen molar-refractivity contribution in [1.82, 2.24) is 0 Å². The minimum absolute atomic E-state index is 0.0989. The van der Waals surface area contributed by atoms with Crippen LogP contribution in [0.1, 0.15) is 0 Å². The van der Waals surface area contributed by atoms with E-state index in [-0.39, 0.29) is 22.8 Å². The smallest absolute Gasteiger partial charge is 0.336 e. The molecule has 2 aromatic carbocycles. The van der Waals surface area contributed by atoms with Gasteiger partial charge in [-0.1, -0.05) is 6.07 Å². The zero-order chi connectivity index (χ0) is 15.9. The molecule has 3 rings (SSSR count). The summed E-state index contributed by atoms with van der Waals surface area (Å²) in [5, 5.41) is 29.2. The average Bonchev–Trinajstić information content (AvgIpc) is 2.47. The van der Waals surface area contributed by atoms with E-state index < -0.39 is 5.63 Å². The number of hydrogen-bond donors (Lipinski definition) is 3. The molecule has 22 heavy (non-hydrogen) atoms. The molecule has 0 unspecified atom stereocenters. The third-order valence-corrected chi connectivity index (χ3v) is 3.30. The first-order valence-electron chi connectivity index (χ1n) is 6.37. The molecule has 3 aromatic rings. The summed E-state index contributed by atoms with van der Waals surface area (Å²) >= 11 is 0. The van der Waals surface area contributed by atoms with Gasteiger partial charge in [0.2, 0.25) is 0 Å². The highest BCUT2D eigenvalue weighted by molar-refractivity contribution is 5.98. The predicted octanol–water partition coefficient (Wildman–Crippen LogP) is 2.59. The Morgan fingerprint density at radius 2 is 1.77 bits per heavy atom. The lowest BCUT2D eigenvalue weighted by molar-refractivity contribution is 0.404. The Labute approximate surface area is 124 Å².